The SMILES string of the molecule is Cc1cc([N+](=O)[O-])ccc1OCC(=O)N(CC#N)c1ccccc1. The first-order valence-electron chi connectivity index (χ1n) is 7.13. The second kappa shape index (κ2) is 7.74. The summed E-state index contributed by atoms with van der Waals surface area (Å²) >= 11 is 0. The Kier molecular flexibility index (Phi) is 5.47. The van der Waals surface area contributed by atoms with Crippen LogP contribution in [0.5, 0.6) is 5.75 Å². The molecule has 24 heavy (non-hydrogen) atoms. The van der Waals surface area contributed by atoms with Crippen molar-refractivity contribution < 1.29 is 14.5 Å². The van der Waals surface area contributed by atoms with Gasteiger partial charge in [0.1, 0.15) is 12.3 Å². The highest BCUT2D eigenvalue weighted by molar-refractivity contribution is 5.94. The van der Waals surface area contributed by atoms with Crippen LogP contribution in [0, 0.1) is 28.4 Å². The van der Waals surface area contributed by atoms with Crippen LogP contribution in [0.3, 0.4) is 0 Å². The molecule has 122 valence electrons. The number of carbonyl (C=O) groups excluding carboxylic acids is 1. The number of anilines is 1. The summed E-state index contributed by atoms with van der Waals surface area (Å²) in [6.07, 6.45) is 0. The third kappa shape index (κ3) is 4.08. The molecular formula is C17H15N3O4. The number of benzene rings is 2. The van der Waals surface area contributed by atoms with Gasteiger partial charge in [-0.15, -0.1) is 0 Å². The summed E-state index contributed by atoms with van der Waals surface area (Å²) in [5, 5.41) is 19.6. The summed E-state index contributed by atoms with van der Waals surface area (Å²) in [5.41, 5.74) is 1.12. The van der Waals surface area contributed by atoms with E-state index in [1.807, 2.05) is 12.1 Å². The number of carbonyl (C=O) groups is 1. The fraction of sp³-hybridized carbons (Fsp3) is 0.176. The maximum atomic E-state index is 12.3. The standard InChI is InChI=1S/C17H15N3O4/c1-13-11-15(20(22)23)7-8-16(13)24-12-17(21)19(10-9-18)14-5-3-2-4-6-14/h2-8,11H,10,12H2,1H3. The van der Waals surface area contributed by atoms with Gasteiger partial charge in [-0.1, -0.05) is 18.2 Å². The third-order valence-electron chi connectivity index (χ3n) is 3.32. The first-order valence-corrected chi connectivity index (χ1v) is 7.13. The molecule has 7 heteroatoms. The van der Waals surface area contributed by atoms with Gasteiger partial charge in [0.05, 0.1) is 11.0 Å². The molecule has 0 spiro atoms. The molecule has 0 bridgehead atoms. The van der Waals surface area contributed by atoms with Crippen LogP contribution in [0.25, 0.3) is 0 Å². The van der Waals surface area contributed by atoms with E-state index in [9.17, 15) is 14.9 Å². The summed E-state index contributed by atoms with van der Waals surface area (Å²) in [6, 6.07) is 14.9. The summed E-state index contributed by atoms with van der Waals surface area (Å²) in [6.45, 7) is 1.30. The Bertz CT molecular complexity index is 784. The van der Waals surface area contributed by atoms with Crippen LogP contribution in [0.2, 0.25) is 0 Å². The smallest absolute Gasteiger partial charge is 0.269 e. The minimum atomic E-state index is -0.494. The Morgan fingerprint density at radius 1 is 1.29 bits per heavy atom. The molecule has 0 aliphatic rings. The first kappa shape index (κ1) is 17.0. The fourth-order valence-electron chi connectivity index (χ4n) is 2.13. The number of nitrogens with zero attached hydrogens (tertiary/aromatic N) is 3. The van der Waals surface area contributed by atoms with Gasteiger partial charge in [0.15, 0.2) is 6.61 Å². The molecule has 2 aromatic carbocycles. The second-order valence-corrected chi connectivity index (χ2v) is 4.97. The lowest BCUT2D eigenvalue weighted by Gasteiger charge is -2.20. The van der Waals surface area contributed by atoms with E-state index in [1.54, 1.807) is 31.2 Å². The summed E-state index contributed by atoms with van der Waals surface area (Å²) in [4.78, 5) is 23.9. The highest BCUT2D eigenvalue weighted by Crippen LogP contribution is 2.23. The van der Waals surface area contributed by atoms with Crippen molar-refractivity contribution >= 4 is 17.3 Å². The number of nitro benzene ring substituents is 1. The maximum Gasteiger partial charge on any atom is 0.269 e. The molecule has 7 nitrogen and oxygen atoms in total. The molecule has 0 N–H and O–H groups in total. The Morgan fingerprint density at radius 3 is 2.58 bits per heavy atom. The minimum Gasteiger partial charge on any atom is -0.483 e. The van der Waals surface area contributed by atoms with E-state index in [4.69, 9.17) is 10.00 Å². The first-order chi connectivity index (χ1) is 11.5. The van der Waals surface area contributed by atoms with Crippen LogP contribution in [0.4, 0.5) is 11.4 Å². The number of non-ortho nitro benzene ring substituents is 1. The van der Waals surface area contributed by atoms with Gasteiger partial charge in [0, 0.05) is 17.8 Å². The molecule has 1 amide bonds. The van der Waals surface area contributed by atoms with E-state index < -0.39 is 4.92 Å². The number of hydrogen-bond donors (Lipinski definition) is 0. The van der Waals surface area contributed by atoms with Crippen molar-refractivity contribution in [1.82, 2.24) is 0 Å². The normalized spacial score (nSPS) is 9.83. The number of nitriles is 1. The van der Waals surface area contributed by atoms with Crippen LogP contribution in [-0.2, 0) is 4.79 Å². The van der Waals surface area contributed by atoms with Crippen LogP contribution in [0.1, 0.15) is 5.56 Å². The molecule has 2 aromatic rings. The van der Waals surface area contributed by atoms with E-state index in [0.29, 0.717) is 17.0 Å². The van der Waals surface area contributed by atoms with Crippen molar-refractivity contribution in [2.45, 2.75) is 6.92 Å². The predicted molar refractivity (Wildman–Crippen MR) is 87.7 cm³/mol. The number of aryl methyl sites for hydroxylation is 1. The number of amides is 1. The number of hydrogen-bond acceptors (Lipinski definition) is 5. The van der Waals surface area contributed by atoms with E-state index >= 15 is 0 Å². The van der Waals surface area contributed by atoms with Gasteiger partial charge in [0.2, 0.25) is 0 Å². The van der Waals surface area contributed by atoms with Crippen LogP contribution in [-0.4, -0.2) is 24.0 Å². The lowest BCUT2D eigenvalue weighted by atomic mass is 10.2. The van der Waals surface area contributed by atoms with E-state index in [2.05, 4.69) is 0 Å². The van der Waals surface area contributed by atoms with Gasteiger partial charge in [0.25, 0.3) is 11.6 Å². The molecule has 0 heterocycles. The van der Waals surface area contributed by atoms with Crippen molar-refractivity contribution in [2.75, 3.05) is 18.1 Å². The van der Waals surface area contributed by atoms with Crippen molar-refractivity contribution in [3.8, 4) is 11.8 Å². The zero-order valence-electron chi connectivity index (χ0n) is 13.0. The predicted octanol–water partition coefficient (Wildman–Crippen LogP) is 2.84. The number of para-hydroxylation sites is 1. The number of rotatable bonds is 6. The molecule has 0 radical (unpaired) electrons. The molecule has 2 rings (SSSR count). The molecule has 0 saturated carbocycles. The Morgan fingerprint density at radius 2 is 2.00 bits per heavy atom. The second-order valence-electron chi connectivity index (χ2n) is 4.97. The zero-order valence-corrected chi connectivity index (χ0v) is 13.0. The van der Waals surface area contributed by atoms with Gasteiger partial charge in [-0.3, -0.25) is 19.8 Å². The van der Waals surface area contributed by atoms with Gasteiger partial charge < -0.3 is 4.74 Å². The maximum absolute atomic E-state index is 12.3. The fourth-order valence-corrected chi connectivity index (χ4v) is 2.13. The summed E-state index contributed by atoms with van der Waals surface area (Å²) in [5.74, 6) is 0.0134. The Hall–Kier alpha value is -3.40. The summed E-state index contributed by atoms with van der Waals surface area (Å²) < 4.78 is 5.46. The average Bonchev–Trinajstić information content (AvgIpc) is 2.59. The van der Waals surface area contributed by atoms with E-state index in [0.717, 1.165) is 0 Å². The monoisotopic (exact) mass is 325 g/mol. The highest BCUT2D eigenvalue weighted by Gasteiger charge is 2.17. The Labute approximate surface area is 138 Å². The molecule has 0 aliphatic carbocycles. The van der Waals surface area contributed by atoms with Gasteiger partial charge >= 0.3 is 0 Å². The molecule has 0 atom stereocenters. The van der Waals surface area contributed by atoms with E-state index in [1.165, 1.54) is 23.1 Å². The molecule has 0 fully saturated rings. The van der Waals surface area contributed by atoms with Crippen LogP contribution >= 0.6 is 0 Å². The molecule has 0 unspecified atom stereocenters. The molecule has 0 aromatic heterocycles. The van der Waals surface area contributed by atoms with Crippen LogP contribution < -0.4 is 9.64 Å². The molecule has 0 aliphatic heterocycles. The van der Waals surface area contributed by atoms with Gasteiger partial charge in [-0.25, -0.2) is 0 Å². The minimum absolute atomic E-state index is 0.0402. The zero-order chi connectivity index (χ0) is 17.5. The lowest BCUT2D eigenvalue weighted by Crippen LogP contribution is -2.35. The summed E-state index contributed by atoms with van der Waals surface area (Å²) in [7, 11) is 0. The quantitative estimate of drug-likeness (QED) is 0.462. The van der Waals surface area contributed by atoms with Gasteiger partial charge in [-0.05, 0) is 30.7 Å². The lowest BCUT2D eigenvalue weighted by molar-refractivity contribution is -0.384. The largest absolute Gasteiger partial charge is 0.483 e. The van der Waals surface area contributed by atoms with Crippen molar-refractivity contribution in [1.29, 1.82) is 5.26 Å². The van der Waals surface area contributed by atoms with Crippen molar-refractivity contribution in [2.24, 2.45) is 0 Å². The van der Waals surface area contributed by atoms with Crippen molar-refractivity contribution in [3.05, 3.63) is 64.2 Å². The molecular weight excluding hydrogens is 310 g/mol. The number of nitro groups is 1. The van der Waals surface area contributed by atoms with E-state index in [-0.39, 0.29) is 24.7 Å². The average molecular weight is 325 g/mol. The highest BCUT2D eigenvalue weighted by atomic mass is 16.6. The molecule has 0 saturated heterocycles. The van der Waals surface area contributed by atoms with Gasteiger partial charge in [-0.2, -0.15) is 5.26 Å². The Balaban J connectivity index is 2.09. The van der Waals surface area contributed by atoms with Crippen molar-refractivity contribution in [3.63, 3.8) is 0 Å². The van der Waals surface area contributed by atoms with Crippen LogP contribution in [0.15, 0.2) is 48.5 Å². The third-order valence-corrected chi connectivity index (χ3v) is 3.32. The topological polar surface area (TPSA) is 96.5 Å². The number of ether oxygens (including phenoxy) is 1.